The predicted octanol–water partition coefficient (Wildman–Crippen LogP) is 4.82. The van der Waals surface area contributed by atoms with Crippen LogP contribution in [0.25, 0.3) is 0 Å². The molecule has 53 heavy (non-hydrogen) atoms. The number of anilines is 2. The molecule has 0 bridgehead atoms. The van der Waals surface area contributed by atoms with E-state index >= 15 is 0 Å². The molecule has 1 fully saturated rings. The van der Waals surface area contributed by atoms with Gasteiger partial charge in [-0.1, -0.05) is 60.7 Å². The average molecular weight is 713 g/mol. The van der Waals surface area contributed by atoms with Gasteiger partial charge in [-0.25, -0.2) is 9.97 Å². The fourth-order valence-electron chi connectivity index (χ4n) is 6.32. The molecule has 270 valence electrons. The number of carbonyl (C=O) groups is 4. The highest BCUT2D eigenvalue weighted by molar-refractivity contribution is 6.08. The number of carbonyl (C=O) groups excluding carboxylic acids is 4. The number of amides is 4. The van der Waals surface area contributed by atoms with Crippen LogP contribution in [0, 0.1) is 0 Å². The summed E-state index contributed by atoms with van der Waals surface area (Å²) >= 11 is 0. The third kappa shape index (κ3) is 8.01. The molecule has 12 heteroatoms. The fraction of sp³-hybridized carbons (Fsp3) is 0.220. The van der Waals surface area contributed by atoms with Gasteiger partial charge in [0.05, 0.1) is 14.2 Å². The smallest absolute Gasteiger partial charge is 0.270 e. The molecule has 0 spiro atoms. The Bertz CT molecular complexity index is 2080. The van der Waals surface area contributed by atoms with Crippen molar-refractivity contribution in [2.24, 2.45) is 0 Å². The van der Waals surface area contributed by atoms with Gasteiger partial charge in [-0.15, -0.1) is 0 Å². The molecule has 1 heterocycles. The Labute approximate surface area is 307 Å². The molecule has 0 saturated heterocycles. The van der Waals surface area contributed by atoms with Crippen LogP contribution in [0.1, 0.15) is 44.4 Å². The molecular formula is C41H40N6O6. The molecule has 2 N–H and O–H groups in total. The molecule has 1 aliphatic carbocycles. The second kappa shape index (κ2) is 15.8. The van der Waals surface area contributed by atoms with E-state index in [9.17, 15) is 19.2 Å². The number of nitrogens with zero attached hydrogens (tertiary/aromatic N) is 4. The van der Waals surface area contributed by atoms with Crippen LogP contribution in [-0.4, -0.2) is 73.5 Å². The Kier molecular flexibility index (Phi) is 10.8. The van der Waals surface area contributed by atoms with E-state index in [1.165, 1.54) is 15.9 Å². The van der Waals surface area contributed by atoms with Crippen LogP contribution in [0.4, 0.5) is 11.4 Å². The van der Waals surface area contributed by atoms with Crippen molar-refractivity contribution in [3.05, 3.63) is 144 Å². The zero-order valence-electron chi connectivity index (χ0n) is 29.9. The number of ether oxygens (including phenoxy) is 2. The van der Waals surface area contributed by atoms with Crippen molar-refractivity contribution in [2.75, 3.05) is 38.1 Å². The molecule has 1 saturated carbocycles. The van der Waals surface area contributed by atoms with Crippen molar-refractivity contribution in [1.82, 2.24) is 20.6 Å². The maximum atomic E-state index is 14.2. The molecule has 4 aromatic carbocycles. The number of benzene rings is 4. The Morgan fingerprint density at radius 1 is 0.736 bits per heavy atom. The van der Waals surface area contributed by atoms with Crippen LogP contribution < -0.4 is 29.9 Å². The molecule has 1 aromatic heterocycles. The van der Waals surface area contributed by atoms with Crippen molar-refractivity contribution in [1.29, 1.82) is 0 Å². The molecule has 6 rings (SSSR count). The van der Waals surface area contributed by atoms with E-state index in [1.807, 2.05) is 60.7 Å². The van der Waals surface area contributed by atoms with E-state index in [4.69, 9.17) is 9.47 Å². The van der Waals surface area contributed by atoms with Crippen LogP contribution in [0.3, 0.4) is 0 Å². The minimum absolute atomic E-state index is 0.107. The van der Waals surface area contributed by atoms with Gasteiger partial charge in [-0.05, 0) is 66.1 Å². The SMILES string of the molecule is COc1ccc(N(C)C(=O)[C@H](Cc2ccccc2)NC(=O)c2cc(C(=O)NC3(C(=O)N(C)c4ccc(OC)cc4)CC3c3ccccc3)ncn2)cc1. The number of aromatic nitrogens is 2. The maximum Gasteiger partial charge on any atom is 0.270 e. The van der Waals surface area contributed by atoms with E-state index in [2.05, 4.69) is 20.6 Å². The molecule has 5 aromatic rings. The quantitative estimate of drug-likeness (QED) is 0.177. The Morgan fingerprint density at radius 2 is 1.26 bits per heavy atom. The lowest BCUT2D eigenvalue weighted by atomic mass is 10.0. The lowest BCUT2D eigenvalue weighted by molar-refractivity contribution is -0.121. The highest BCUT2D eigenvalue weighted by Gasteiger charge is 2.62. The molecule has 3 atom stereocenters. The summed E-state index contributed by atoms with van der Waals surface area (Å²) in [5, 5.41) is 5.78. The zero-order chi connectivity index (χ0) is 37.5. The summed E-state index contributed by atoms with van der Waals surface area (Å²) in [7, 11) is 6.41. The first-order chi connectivity index (χ1) is 25.6. The Hall–Kier alpha value is -6.56. The minimum Gasteiger partial charge on any atom is -0.497 e. The second-order valence-corrected chi connectivity index (χ2v) is 12.8. The third-order valence-electron chi connectivity index (χ3n) is 9.45. The highest BCUT2D eigenvalue weighted by Crippen LogP contribution is 2.53. The summed E-state index contributed by atoms with van der Waals surface area (Å²) in [6.07, 6.45) is 1.68. The van der Waals surface area contributed by atoms with Gasteiger partial charge in [0.2, 0.25) is 5.91 Å². The molecule has 0 radical (unpaired) electrons. The first-order valence-electron chi connectivity index (χ1n) is 17.0. The highest BCUT2D eigenvalue weighted by atomic mass is 16.5. The average Bonchev–Trinajstić information content (AvgIpc) is 3.95. The van der Waals surface area contributed by atoms with Gasteiger partial charge >= 0.3 is 0 Å². The fourth-order valence-corrected chi connectivity index (χ4v) is 6.32. The van der Waals surface area contributed by atoms with Crippen LogP contribution in [0.2, 0.25) is 0 Å². The van der Waals surface area contributed by atoms with Crippen LogP contribution in [0.15, 0.2) is 122 Å². The van der Waals surface area contributed by atoms with Gasteiger partial charge in [0.15, 0.2) is 0 Å². The standard InChI is InChI=1S/C41H40N6O6/c1-46(29-15-19-31(52-3)20-16-29)39(50)36(23-27-11-7-5-8-12-27)44-37(48)34-24-35(43-26-42-34)38(49)45-41(25-33(41)28-13-9-6-10-14-28)40(51)47(2)30-17-21-32(53-4)22-18-30/h5-22,24,26,33,36H,23,25H2,1-4H3,(H,44,48)(H,45,49)/t33?,36-,41?/m0/s1. The molecule has 0 aliphatic heterocycles. The van der Waals surface area contributed by atoms with Gasteiger partial charge in [-0.2, -0.15) is 0 Å². The number of hydrogen-bond donors (Lipinski definition) is 2. The Morgan fingerprint density at radius 3 is 1.83 bits per heavy atom. The topological polar surface area (TPSA) is 143 Å². The van der Waals surface area contributed by atoms with Gasteiger partial charge < -0.3 is 29.9 Å². The maximum absolute atomic E-state index is 14.2. The minimum atomic E-state index is -1.26. The Balaban J connectivity index is 1.22. The van der Waals surface area contributed by atoms with Crippen LogP contribution in [0.5, 0.6) is 11.5 Å². The van der Waals surface area contributed by atoms with Crippen molar-refractivity contribution < 1.29 is 28.7 Å². The number of nitrogens with one attached hydrogen (secondary N) is 2. The number of likely N-dealkylation sites (N-methyl/N-ethyl adjacent to an activating group) is 2. The van der Waals surface area contributed by atoms with E-state index in [0.29, 0.717) is 29.3 Å². The van der Waals surface area contributed by atoms with Crippen molar-refractivity contribution in [3.8, 4) is 11.5 Å². The first kappa shape index (κ1) is 36.2. The van der Waals surface area contributed by atoms with Gasteiger partial charge in [0.25, 0.3) is 17.7 Å². The first-order valence-corrected chi connectivity index (χ1v) is 17.0. The summed E-state index contributed by atoms with van der Waals surface area (Å²) in [5.74, 6) is -0.983. The summed E-state index contributed by atoms with van der Waals surface area (Å²) in [4.78, 5) is 66.9. The summed E-state index contributed by atoms with van der Waals surface area (Å²) in [6.45, 7) is 0. The zero-order valence-corrected chi connectivity index (χ0v) is 29.9. The molecule has 1 aliphatic rings. The number of rotatable bonds is 13. The van der Waals surface area contributed by atoms with E-state index in [0.717, 1.165) is 17.5 Å². The molecule has 4 amide bonds. The summed E-state index contributed by atoms with van der Waals surface area (Å²) in [6, 6.07) is 33.2. The van der Waals surface area contributed by atoms with Gasteiger partial charge in [0.1, 0.15) is 40.8 Å². The van der Waals surface area contributed by atoms with E-state index in [1.54, 1.807) is 76.8 Å². The van der Waals surface area contributed by atoms with Crippen LogP contribution >= 0.6 is 0 Å². The predicted molar refractivity (Wildman–Crippen MR) is 200 cm³/mol. The third-order valence-corrected chi connectivity index (χ3v) is 9.45. The molecule has 2 unspecified atom stereocenters. The van der Waals surface area contributed by atoms with Crippen molar-refractivity contribution in [2.45, 2.75) is 30.3 Å². The van der Waals surface area contributed by atoms with Crippen LogP contribution in [-0.2, 0) is 16.0 Å². The second-order valence-electron chi connectivity index (χ2n) is 12.8. The van der Waals surface area contributed by atoms with E-state index < -0.39 is 23.4 Å². The largest absolute Gasteiger partial charge is 0.497 e. The molecule has 12 nitrogen and oxygen atoms in total. The van der Waals surface area contributed by atoms with Gasteiger partial charge in [0, 0.05) is 43.9 Å². The lowest BCUT2D eigenvalue weighted by Crippen LogP contribution is -2.51. The lowest BCUT2D eigenvalue weighted by Gasteiger charge is -2.26. The van der Waals surface area contributed by atoms with Crippen molar-refractivity contribution in [3.63, 3.8) is 0 Å². The number of methoxy groups -OCH3 is 2. The number of hydrogen-bond acceptors (Lipinski definition) is 8. The monoisotopic (exact) mass is 712 g/mol. The normalized spacial score (nSPS) is 16.4. The van der Waals surface area contributed by atoms with Gasteiger partial charge in [-0.3, -0.25) is 19.2 Å². The van der Waals surface area contributed by atoms with Crippen molar-refractivity contribution >= 4 is 35.0 Å². The molecular weight excluding hydrogens is 672 g/mol. The summed E-state index contributed by atoms with van der Waals surface area (Å²) in [5.41, 5.74) is 1.49. The van der Waals surface area contributed by atoms with E-state index in [-0.39, 0.29) is 35.5 Å². The summed E-state index contributed by atoms with van der Waals surface area (Å²) < 4.78 is 10.5.